The average molecular weight is 415 g/mol. The van der Waals surface area contributed by atoms with Crippen LogP contribution in [0.1, 0.15) is 27.4 Å². The third-order valence-corrected chi connectivity index (χ3v) is 4.64. The van der Waals surface area contributed by atoms with Crippen molar-refractivity contribution in [3.63, 3.8) is 0 Å². The summed E-state index contributed by atoms with van der Waals surface area (Å²) in [5.74, 6) is 1.60. The Bertz CT molecular complexity index is 1190. The van der Waals surface area contributed by atoms with Crippen LogP contribution < -0.4 is 14.8 Å². The topological polar surface area (TPSA) is 86.5 Å². The van der Waals surface area contributed by atoms with Crippen LogP contribution in [0.5, 0.6) is 11.5 Å². The molecule has 0 aliphatic carbocycles. The maximum atomic E-state index is 12.6. The lowest BCUT2D eigenvalue weighted by atomic mass is 10.0. The van der Waals surface area contributed by atoms with Gasteiger partial charge in [0.15, 0.2) is 12.4 Å². The first kappa shape index (κ1) is 20.2. The Morgan fingerprint density at radius 2 is 1.71 bits per heavy atom. The van der Waals surface area contributed by atoms with Gasteiger partial charge in [-0.1, -0.05) is 47.6 Å². The molecule has 7 nitrogen and oxygen atoms in total. The van der Waals surface area contributed by atoms with E-state index in [1.165, 1.54) is 0 Å². The summed E-state index contributed by atoms with van der Waals surface area (Å²) in [5.41, 5.74) is 2.82. The number of carbonyl (C=O) groups excluding carboxylic acids is 1. The maximum Gasteiger partial charge on any atom is 0.320 e. The molecule has 3 aromatic carbocycles. The van der Waals surface area contributed by atoms with Crippen LogP contribution in [0.3, 0.4) is 0 Å². The normalized spacial score (nSPS) is 10.5. The summed E-state index contributed by atoms with van der Waals surface area (Å²) >= 11 is 0. The second-order valence-electron chi connectivity index (χ2n) is 6.79. The molecule has 1 aromatic heterocycles. The van der Waals surface area contributed by atoms with E-state index in [1.54, 1.807) is 31.4 Å². The Morgan fingerprint density at radius 3 is 2.48 bits per heavy atom. The Morgan fingerprint density at radius 1 is 0.935 bits per heavy atom. The van der Waals surface area contributed by atoms with E-state index in [2.05, 4.69) is 15.5 Å². The van der Waals surface area contributed by atoms with Crippen molar-refractivity contribution < 1.29 is 18.7 Å². The number of anilines is 2. The highest BCUT2D eigenvalue weighted by atomic mass is 16.5. The third-order valence-electron chi connectivity index (χ3n) is 4.64. The molecule has 156 valence electrons. The number of nitrogens with zero attached hydrogens (tertiary/aromatic N) is 2. The molecule has 0 amide bonds. The number of nitrogens with one attached hydrogen (secondary N) is 1. The van der Waals surface area contributed by atoms with Gasteiger partial charge >= 0.3 is 6.01 Å². The zero-order chi connectivity index (χ0) is 21.6. The number of aryl methyl sites for hydroxylation is 1. The molecule has 0 radical (unpaired) electrons. The lowest BCUT2D eigenvalue weighted by Crippen LogP contribution is -2.03. The van der Waals surface area contributed by atoms with E-state index in [9.17, 15) is 4.79 Å². The van der Waals surface area contributed by atoms with Crippen molar-refractivity contribution in [2.24, 2.45) is 0 Å². The fourth-order valence-electron chi connectivity index (χ4n) is 3.07. The average Bonchev–Trinajstić information content (AvgIpc) is 3.26. The van der Waals surface area contributed by atoms with Gasteiger partial charge in [0.05, 0.1) is 12.8 Å². The number of ether oxygens (including phenoxy) is 2. The largest absolute Gasteiger partial charge is 0.495 e. The summed E-state index contributed by atoms with van der Waals surface area (Å²) in [6, 6.07) is 22.2. The van der Waals surface area contributed by atoms with Crippen molar-refractivity contribution in [3.8, 4) is 11.5 Å². The van der Waals surface area contributed by atoms with Crippen LogP contribution in [0.4, 0.5) is 11.7 Å². The van der Waals surface area contributed by atoms with E-state index < -0.39 is 0 Å². The van der Waals surface area contributed by atoms with Crippen molar-refractivity contribution >= 4 is 17.5 Å². The van der Waals surface area contributed by atoms with E-state index in [0.717, 1.165) is 11.3 Å². The quantitative estimate of drug-likeness (QED) is 0.408. The van der Waals surface area contributed by atoms with Crippen LogP contribution in [-0.4, -0.2) is 23.1 Å². The van der Waals surface area contributed by atoms with E-state index in [0.29, 0.717) is 28.5 Å². The van der Waals surface area contributed by atoms with Crippen LogP contribution >= 0.6 is 0 Å². The predicted octanol–water partition coefficient (Wildman–Crippen LogP) is 4.94. The fraction of sp³-hybridized carbons (Fsp3) is 0.125. The van der Waals surface area contributed by atoms with Crippen molar-refractivity contribution in [2.45, 2.75) is 13.5 Å². The van der Waals surface area contributed by atoms with Gasteiger partial charge in [0.1, 0.15) is 11.5 Å². The van der Waals surface area contributed by atoms with Crippen LogP contribution in [0.2, 0.25) is 0 Å². The molecule has 0 aliphatic heterocycles. The highest BCUT2D eigenvalue weighted by molar-refractivity contribution is 6.09. The van der Waals surface area contributed by atoms with Crippen LogP contribution in [0, 0.1) is 6.92 Å². The molecule has 0 unspecified atom stereocenters. The number of aromatic nitrogens is 2. The summed E-state index contributed by atoms with van der Waals surface area (Å²) in [7, 11) is 1.59. The van der Waals surface area contributed by atoms with Gasteiger partial charge < -0.3 is 19.2 Å². The number of rotatable bonds is 8. The molecular formula is C24H21N3O4. The summed E-state index contributed by atoms with van der Waals surface area (Å²) < 4.78 is 16.7. The minimum absolute atomic E-state index is 0.0285. The molecule has 0 aliphatic rings. The number of ketones is 1. The number of para-hydroxylation sites is 2. The molecule has 4 aromatic rings. The van der Waals surface area contributed by atoms with Gasteiger partial charge in [-0.15, -0.1) is 5.10 Å². The molecule has 1 N–H and O–H groups in total. The highest BCUT2D eigenvalue weighted by Gasteiger charge is 2.13. The minimum atomic E-state index is -0.0285. The zero-order valence-corrected chi connectivity index (χ0v) is 17.2. The number of benzene rings is 3. The van der Waals surface area contributed by atoms with Gasteiger partial charge in [-0.25, -0.2) is 0 Å². The second kappa shape index (κ2) is 9.13. The van der Waals surface area contributed by atoms with Crippen molar-refractivity contribution in [3.05, 3.63) is 95.4 Å². The molecule has 4 rings (SSSR count). The van der Waals surface area contributed by atoms with Crippen LogP contribution in [0.25, 0.3) is 0 Å². The lowest BCUT2D eigenvalue weighted by Gasteiger charge is -2.09. The van der Waals surface area contributed by atoms with Crippen molar-refractivity contribution in [1.29, 1.82) is 0 Å². The SMILES string of the molecule is COc1ccccc1Nc1nnc(COc2ccc(C(=O)c3ccccc3)cc2C)o1. The predicted molar refractivity (Wildman–Crippen MR) is 116 cm³/mol. The molecule has 1 heterocycles. The van der Waals surface area contributed by atoms with Gasteiger partial charge in [-0.3, -0.25) is 4.79 Å². The number of hydrogen-bond acceptors (Lipinski definition) is 7. The Hall–Kier alpha value is -4.13. The standard InChI is InChI=1S/C24H21N3O4/c1-16-14-18(23(28)17-8-4-3-5-9-17)12-13-20(16)30-15-22-26-27-24(31-22)25-19-10-6-7-11-21(19)29-2/h3-14H,15H2,1-2H3,(H,25,27). The first-order valence-electron chi connectivity index (χ1n) is 9.69. The summed E-state index contributed by atoms with van der Waals surface area (Å²) in [6.45, 7) is 1.99. The Balaban J connectivity index is 1.40. The Labute approximate surface area is 179 Å². The number of methoxy groups -OCH3 is 1. The monoisotopic (exact) mass is 415 g/mol. The van der Waals surface area contributed by atoms with Gasteiger partial charge in [0.25, 0.3) is 5.89 Å². The zero-order valence-electron chi connectivity index (χ0n) is 17.2. The molecule has 0 atom stereocenters. The molecular weight excluding hydrogens is 394 g/mol. The number of hydrogen-bond donors (Lipinski definition) is 1. The summed E-state index contributed by atoms with van der Waals surface area (Å²) in [4.78, 5) is 12.6. The van der Waals surface area contributed by atoms with Crippen LogP contribution in [0.15, 0.2) is 77.2 Å². The summed E-state index contributed by atoms with van der Waals surface area (Å²) in [6.07, 6.45) is 0. The molecule has 31 heavy (non-hydrogen) atoms. The van der Waals surface area contributed by atoms with E-state index in [1.807, 2.05) is 55.5 Å². The molecule has 0 bridgehead atoms. The lowest BCUT2D eigenvalue weighted by molar-refractivity contribution is 0.103. The van der Waals surface area contributed by atoms with Gasteiger partial charge in [0, 0.05) is 11.1 Å². The number of carbonyl (C=O) groups is 1. The molecule has 0 saturated carbocycles. The second-order valence-corrected chi connectivity index (χ2v) is 6.79. The molecule has 0 saturated heterocycles. The first-order chi connectivity index (χ1) is 15.1. The van der Waals surface area contributed by atoms with Crippen molar-refractivity contribution in [1.82, 2.24) is 10.2 Å². The molecule has 7 heteroatoms. The van der Waals surface area contributed by atoms with E-state index in [4.69, 9.17) is 13.9 Å². The highest BCUT2D eigenvalue weighted by Crippen LogP contribution is 2.27. The fourth-order valence-corrected chi connectivity index (χ4v) is 3.07. The smallest absolute Gasteiger partial charge is 0.320 e. The van der Waals surface area contributed by atoms with Gasteiger partial charge in [-0.05, 0) is 42.8 Å². The Kier molecular flexibility index (Phi) is 5.93. The minimum Gasteiger partial charge on any atom is -0.495 e. The van der Waals surface area contributed by atoms with Crippen LogP contribution in [-0.2, 0) is 6.61 Å². The van der Waals surface area contributed by atoms with E-state index in [-0.39, 0.29) is 18.4 Å². The van der Waals surface area contributed by atoms with Crippen molar-refractivity contribution in [2.75, 3.05) is 12.4 Å². The first-order valence-corrected chi connectivity index (χ1v) is 9.69. The third kappa shape index (κ3) is 4.72. The maximum absolute atomic E-state index is 12.6. The molecule has 0 fully saturated rings. The van der Waals surface area contributed by atoms with Gasteiger partial charge in [-0.2, -0.15) is 0 Å². The molecule has 0 spiro atoms. The van der Waals surface area contributed by atoms with Gasteiger partial charge in [0.2, 0.25) is 0 Å². The summed E-state index contributed by atoms with van der Waals surface area (Å²) in [5, 5.41) is 11.0. The van der Waals surface area contributed by atoms with E-state index >= 15 is 0 Å².